The van der Waals surface area contributed by atoms with Gasteiger partial charge in [-0.05, 0) is 29.0 Å². The molecule has 2 aromatic heterocycles. The minimum Gasteiger partial charge on any atom is -0.481 e. The summed E-state index contributed by atoms with van der Waals surface area (Å²) in [6.45, 7) is 1.91. The Balaban J connectivity index is 2.35. The highest BCUT2D eigenvalue weighted by Crippen LogP contribution is 2.22. The molecule has 0 aliphatic heterocycles. The van der Waals surface area contributed by atoms with E-state index in [9.17, 15) is 4.79 Å². The number of carboxylic acid groups (broad SMARTS) is 1. The zero-order valence-corrected chi connectivity index (χ0v) is 9.89. The van der Waals surface area contributed by atoms with Crippen LogP contribution in [-0.4, -0.2) is 36.3 Å². The summed E-state index contributed by atoms with van der Waals surface area (Å²) in [6, 6.07) is 3.33. The third kappa shape index (κ3) is 2.50. The second-order valence-electron chi connectivity index (χ2n) is 3.84. The molecule has 0 radical (unpaired) electrons. The second kappa shape index (κ2) is 5.35. The Morgan fingerprint density at radius 3 is 2.78 bits per heavy atom. The molecule has 18 heavy (non-hydrogen) atoms. The van der Waals surface area contributed by atoms with Gasteiger partial charge in [0.05, 0.1) is 12.5 Å². The molecular formula is C11H13N5O2. The van der Waals surface area contributed by atoms with Crippen LogP contribution in [0.4, 0.5) is 0 Å². The molecule has 2 rings (SSSR count). The van der Waals surface area contributed by atoms with Crippen molar-refractivity contribution in [2.75, 3.05) is 0 Å². The van der Waals surface area contributed by atoms with E-state index in [2.05, 4.69) is 20.5 Å². The van der Waals surface area contributed by atoms with Gasteiger partial charge in [-0.25, -0.2) is 4.68 Å². The Bertz CT molecular complexity index is 525. The van der Waals surface area contributed by atoms with Gasteiger partial charge in [-0.3, -0.25) is 9.78 Å². The first-order valence-electron chi connectivity index (χ1n) is 5.62. The maximum Gasteiger partial charge on any atom is 0.305 e. The summed E-state index contributed by atoms with van der Waals surface area (Å²) in [5, 5.41) is 20.3. The summed E-state index contributed by atoms with van der Waals surface area (Å²) >= 11 is 0. The molecule has 0 bridgehead atoms. The van der Waals surface area contributed by atoms with Gasteiger partial charge in [0.2, 0.25) is 0 Å². The van der Waals surface area contributed by atoms with Crippen molar-refractivity contribution in [3.05, 3.63) is 24.5 Å². The quantitative estimate of drug-likeness (QED) is 0.852. The summed E-state index contributed by atoms with van der Waals surface area (Å²) in [7, 11) is 0. The van der Waals surface area contributed by atoms with Crippen LogP contribution >= 0.6 is 0 Å². The van der Waals surface area contributed by atoms with Crippen LogP contribution in [0.2, 0.25) is 0 Å². The van der Waals surface area contributed by atoms with Crippen molar-refractivity contribution in [1.82, 2.24) is 25.2 Å². The third-order valence-electron chi connectivity index (χ3n) is 2.66. The number of aliphatic carboxylic acids is 1. The number of hydrogen-bond donors (Lipinski definition) is 1. The van der Waals surface area contributed by atoms with Gasteiger partial charge in [0.25, 0.3) is 0 Å². The molecule has 0 saturated carbocycles. The van der Waals surface area contributed by atoms with Crippen LogP contribution in [0.3, 0.4) is 0 Å². The topological polar surface area (TPSA) is 93.8 Å². The van der Waals surface area contributed by atoms with E-state index in [0.29, 0.717) is 12.2 Å². The van der Waals surface area contributed by atoms with Crippen LogP contribution < -0.4 is 0 Å². The van der Waals surface area contributed by atoms with Crippen LogP contribution in [-0.2, 0) is 4.79 Å². The first-order chi connectivity index (χ1) is 8.72. The number of nitrogens with zero attached hydrogens (tertiary/aromatic N) is 5. The highest BCUT2D eigenvalue weighted by Gasteiger charge is 2.19. The molecule has 2 heterocycles. The van der Waals surface area contributed by atoms with Gasteiger partial charge in [0.15, 0.2) is 5.82 Å². The minimum atomic E-state index is -0.863. The molecule has 2 aromatic rings. The number of hydrogen-bond acceptors (Lipinski definition) is 5. The number of carbonyl (C=O) groups is 1. The van der Waals surface area contributed by atoms with E-state index >= 15 is 0 Å². The van der Waals surface area contributed by atoms with Crippen molar-refractivity contribution < 1.29 is 9.90 Å². The minimum absolute atomic E-state index is 0.000373. The number of carboxylic acids is 1. The van der Waals surface area contributed by atoms with E-state index in [1.807, 2.05) is 6.92 Å². The fraction of sp³-hybridized carbons (Fsp3) is 0.364. The Morgan fingerprint density at radius 1 is 1.44 bits per heavy atom. The van der Waals surface area contributed by atoms with Crippen molar-refractivity contribution in [2.24, 2.45) is 0 Å². The van der Waals surface area contributed by atoms with Crippen LogP contribution in [0.1, 0.15) is 25.8 Å². The maximum atomic E-state index is 10.8. The molecule has 0 aromatic carbocycles. The van der Waals surface area contributed by atoms with Crippen molar-refractivity contribution in [3.8, 4) is 11.4 Å². The first-order valence-corrected chi connectivity index (χ1v) is 5.62. The molecule has 0 amide bonds. The summed E-state index contributed by atoms with van der Waals surface area (Å²) in [5.74, 6) is -0.302. The molecule has 1 atom stereocenters. The third-order valence-corrected chi connectivity index (χ3v) is 2.66. The van der Waals surface area contributed by atoms with Gasteiger partial charge >= 0.3 is 5.97 Å². The fourth-order valence-electron chi connectivity index (χ4n) is 1.74. The summed E-state index contributed by atoms with van der Waals surface area (Å²) < 4.78 is 1.56. The largest absolute Gasteiger partial charge is 0.481 e. The summed E-state index contributed by atoms with van der Waals surface area (Å²) in [6.07, 6.45) is 3.94. The molecule has 7 heteroatoms. The highest BCUT2D eigenvalue weighted by molar-refractivity contribution is 5.67. The Labute approximate surface area is 103 Å². The predicted molar refractivity (Wildman–Crippen MR) is 62.6 cm³/mol. The average molecular weight is 247 g/mol. The van der Waals surface area contributed by atoms with Crippen molar-refractivity contribution in [1.29, 1.82) is 0 Å². The summed E-state index contributed by atoms with van der Waals surface area (Å²) in [4.78, 5) is 14.7. The van der Waals surface area contributed by atoms with Gasteiger partial charge < -0.3 is 5.11 Å². The standard InChI is InChI=1S/C11H13N5O2/c1-2-9(7-10(17)18)16-11(13-14-15-16)8-3-5-12-6-4-8/h3-6,9H,2,7H2,1H3,(H,17,18). The molecule has 0 saturated heterocycles. The zero-order chi connectivity index (χ0) is 13.0. The van der Waals surface area contributed by atoms with Crippen molar-refractivity contribution in [3.63, 3.8) is 0 Å². The zero-order valence-electron chi connectivity index (χ0n) is 9.89. The van der Waals surface area contributed by atoms with Gasteiger partial charge in [-0.2, -0.15) is 0 Å². The lowest BCUT2D eigenvalue weighted by molar-refractivity contribution is -0.138. The smallest absolute Gasteiger partial charge is 0.305 e. The number of tetrazole rings is 1. The van der Waals surface area contributed by atoms with E-state index in [0.717, 1.165) is 5.56 Å². The first kappa shape index (κ1) is 12.2. The van der Waals surface area contributed by atoms with E-state index in [-0.39, 0.29) is 12.5 Å². The van der Waals surface area contributed by atoms with E-state index in [1.54, 1.807) is 29.2 Å². The van der Waals surface area contributed by atoms with E-state index in [1.165, 1.54) is 0 Å². The van der Waals surface area contributed by atoms with Gasteiger partial charge in [0.1, 0.15) is 0 Å². The molecule has 0 fully saturated rings. The SMILES string of the molecule is CCC(CC(=O)O)n1nnnc1-c1ccncc1. The Morgan fingerprint density at radius 2 is 2.17 bits per heavy atom. The average Bonchev–Trinajstić information content (AvgIpc) is 2.86. The monoisotopic (exact) mass is 247 g/mol. The van der Waals surface area contributed by atoms with Crippen molar-refractivity contribution >= 4 is 5.97 Å². The number of aromatic nitrogens is 5. The lowest BCUT2D eigenvalue weighted by Crippen LogP contribution is -2.15. The predicted octanol–water partition coefficient (Wildman–Crippen LogP) is 1.16. The molecule has 0 aliphatic carbocycles. The maximum absolute atomic E-state index is 10.8. The van der Waals surface area contributed by atoms with Crippen LogP contribution in [0.25, 0.3) is 11.4 Å². The number of pyridine rings is 1. The van der Waals surface area contributed by atoms with Crippen LogP contribution in [0, 0.1) is 0 Å². The van der Waals surface area contributed by atoms with Crippen molar-refractivity contribution in [2.45, 2.75) is 25.8 Å². The van der Waals surface area contributed by atoms with E-state index in [4.69, 9.17) is 5.11 Å². The van der Waals surface area contributed by atoms with E-state index < -0.39 is 5.97 Å². The number of rotatable bonds is 5. The highest BCUT2D eigenvalue weighted by atomic mass is 16.4. The van der Waals surface area contributed by atoms with Gasteiger partial charge in [-0.1, -0.05) is 6.92 Å². The molecule has 0 aliphatic rings. The fourth-order valence-corrected chi connectivity index (χ4v) is 1.74. The summed E-state index contributed by atoms with van der Waals surface area (Å²) in [5.41, 5.74) is 0.818. The Hall–Kier alpha value is -2.31. The molecule has 94 valence electrons. The van der Waals surface area contributed by atoms with Gasteiger partial charge in [0, 0.05) is 18.0 Å². The van der Waals surface area contributed by atoms with Crippen LogP contribution in [0.5, 0.6) is 0 Å². The molecule has 1 unspecified atom stereocenters. The lowest BCUT2D eigenvalue weighted by atomic mass is 10.1. The molecule has 7 nitrogen and oxygen atoms in total. The van der Waals surface area contributed by atoms with Gasteiger partial charge in [-0.15, -0.1) is 5.10 Å². The Kier molecular flexibility index (Phi) is 3.61. The molecular weight excluding hydrogens is 234 g/mol. The van der Waals surface area contributed by atoms with Crippen LogP contribution in [0.15, 0.2) is 24.5 Å². The molecule has 1 N–H and O–H groups in total. The normalized spacial score (nSPS) is 12.3. The molecule has 0 spiro atoms. The lowest BCUT2D eigenvalue weighted by Gasteiger charge is -2.14. The second-order valence-corrected chi connectivity index (χ2v) is 3.84.